The van der Waals surface area contributed by atoms with Crippen molar-refractivity contribution in [1.29, 1.82) is 0 Å². The van der Waals surface area contributed by atoms with E-state index in [1.54, 1.807) is 0 Å². The van der Waals surface area contributed by atoms with Crippen LogP contribution in [0.1, 0.15) is 5.56 Å². The lowest BCUT2D eigenvalue weighted by Crippen LogP contribution is -1.94. The Bertz CT molecular complexity index is 675. The molecule has 3 rings (SSSR count). The molecule has 0 aliphatic carbocycles. The molecule has 88 valence electrons. The number of para-hydroxylation sites is 1. The highest BCUT2D eigenvalue weighted by molar-refractivity contribution is 5.82. The number of hydrogen-bond donors (Lipinski definition) is 1. The van der Waals surface area contributed by atoms with E-state index >= 15 is 0 Å². The molecule has 0 atom stereocenters. The Balaban J connectivity index is 1.92. The van der Waals surface area contributed by atoms with Gasteiger partial charge in [-0.25, -0.2) is 4.98 Å². The number of anilines is 2. The zero-order valence-electron chi connectivity index (χ0n) is 10.1. The summed E-state index contributed by atoms with van der Waals surface area (Å²) in [5.74, 6) is 0.831. The molecule has 0 aliphatic heterocycles. The van der Waals surface area contributed by atoms with Gasteiger partial charge in [0.1, 0.15) is 5.82 Å². The van der Waals surface area contributed by atoms with E-state index in [-0.39, 0.29) is 0 Å². The lowest BCUT2D eigenvalue weighted by Gasteiger charge is -2.06. The van der Waals surface area contributed by atoms with E-state index in [2.05, 4.69) is 27.4 Å². The Hall–Kier alpha value is -2.42. The number of aryl methyl sites for hydroxylation is 1. The van der Waals surface area contributed by atoms with Crippen LogP contribution in [0.3, 0.4) is 0 Å². The van der Waals surface area contributed by atoms with Crippen LogP contribution >= 0.6 is 0 Å². The standard InChI is InChI=1S/C15H13N3/c1-11-6-7-15(17-9-11)18-13-8-12-4-2-3-5-14(12)16-10-13/h2-10H,1H3,(H,17,18). The molecule has 0 unspecified atom stereocenters. The van der Waals surface area contributed by atoms with Crippen LogP contribution in [0.5, 0.6) is 0 Å². The van der Waals surface area contributed by atoms with Crippen LogP contribution in [0, 0.1) is 6.92 Å². The fraction of sp³-hybridized carbons (Fsp3) is 0.0667. The molecular formula is C15H13N3. The monoisotopic (exact) mass is 235 g/mol. The number of nitrogens with zero attached hydrogens (tertiary/aromatic N) is 2. The van der Waals surface area contributed by atoms with Crippen molar-refractivity contribution in [2.45, 2.75) is 6.92 Å². The molecule has 3 nitrogen and oxygen atoms in total. The van der Waals surface area contributed by atoms with Gasteiger partial charge in [0.2, 0.25) is 0 Å². The smallest absolute Gasteiger partial charge is 0.130 e. The zero-order valence-corrected chi connectivity index (χ0v) is 10.1. The van der Waals surface area contributed by atoms with Crippen molar-refractivity contribution in [3.8, 4) is 0 Å². The molecule has 0 radical (unpaired) electrons. The summed E-state index contributed by atoms with van der Waals surface area (Å²) in [6.07, 6.45) is 3.67. The maximum Gasteiger partial charge on any atom is 0.130 e. The van der Waals surface area contributed by atoms with Gasteiger partial charge in [-0.05, 0) is 30.7 Å². The minimum atomic E-state index is 0.831. The summed E-state index contributed by atoms with van der Waals surface area (Å²) >= 11 is 0. The molecule has 0 amide bonds. The van der Waals surface area contributed by atoms with E-state index in [9.17, 15) is 0 Å². The first-order valence-electron chi connectivity index (χ1n) is 5.86. The Labute approximate surface area is 106 Å². The summed E-state index contributed by atoms with van der Waals surface area (Å²) in [4.78, 5) is 8.72. The second kappa shape index (κ2) is 4.45. The minimum Gasteiger partial charge on any atom is -0.339 e. The second-order valence-corrected chi connectivity index (χ2v) is 4.26. The van der Waals surface area contributed by atoms with Gasteiger partial charge in [-0.15, -0.1) is 0 Å². The van der Waals surface area contributed by atoms with E-state index < -0.39 is 0 Å². The number of hydrogen-bond acceptors (Lipinski definition) is 3. The van der Waals surface area contributed by atoms with Gasteiger partial charge in [-0.1, -0.05) is 24.3 Å². The maximum absolute atomic E-state index is 4.40. The van der Waals surface area contributed by atoms with Crippen molar-refractivity contribution in [3.05, 3.63) is 60.4 Å². The first-order valence-corrected chi connectivity index (χ1v) is 5.86. The molecule has 1 aromatic carbocycles. The molecule has 0 aliphatic rings. The largest absolute Gasteiger partial charge is 0.339 e. The van der Waals surface area contributed by atoms with Gasteiger partial charge in [0.05, 0.1) is 17.4 Å². The van der Waals surface area contributed by atoms with Gasteiger partial charge in [-0.3, -0.25) is 4.98 Å². The number of rotatable bonds is 2. The van der Waals surface area contributed by atoms with E-state index in [1.165, 1.54) is 0 Å². The lowest BCUT2D eigenvalue weighted by molar-refractivity contribution is 1.25. The molecule has 2 heterocycles. The summed E-state index contributed by atoms with van der Waals surface area (Å²) < 4.78 is 0. The van der Waals surface area contributed by atoms with Crippen LogP contribution in [0.4, 0.5) is 11.5 Å². The van der Waals surface area contributed by atoms with Gasteiger partial charge in [0, 0.05) is 11.6 Å². The van der Waals surface area contributed by atoms with Crippen LogP contribution in [-0.4, -0.2) is 9.97 Å². The molecule has 3 heteroatoms. The third-order valence-corrected chi connectivity index (χ3v) is 2.77. The number of nitrogens with one attached hydrogen (secondary N) is 1. The minimum absolute atomic E-state index is 0.831. The maximum atomic E-state index is 4.40. The Kier molecular flexibility index (Phi) is 2.65. The van der Waals surface area contributed by atoms with Crippen molar-refractivity contribution in [2.75, 3.05) is 5.32 Å². The fourth-order valence-electron chi connectivity index (χ4n) is 1.83. The molecule has 0 saturated carbocycles. The normalized spacial score (nSPS) is 10.5. The predicted octanol–water partition coefficient (Wildman–Crippen LogP) is 3.68. The molecule has 3 aromatic rings. The van der Waals surface area contributed by atoms with Gasteiger partial charge >= 0.3 is 0 Å². The summed E-state index contributed by atoms with van der Waals surface area (Å²) in [6.45, 7) is 2.02. The van der Waals surface area contributed by atoms with Crippen LogP contribution < -0.4 is 5.32 Å². The van der Waals surface area contributed by atoms with Gasteiger partial charge in [0.25, 0.3) is 0 Å². The Morgan fingerprint density at radius 1 is 0.944 bits per heavy atom. The summed E-state index contributed by atoms with van der Waals surface area (Å²) in [5.41, 5.74) is 3.10. The molecule has 1 N–H and O–H groups in total. The van der Waals surface area contributed by atoms with Crippen molar-refractivity contribution >= 4 is 22.4 Å². The van der Waals surface area contributed by atoms with E-state index in [0.29, 0.717) is 0 Å². The highest BCUT2D eigenvalue weighted by Crippen LogP contribution is 2.19. The van der Waals surface area contributed by atoms with Gasteiger partial charge < -0.3 is 5.32 Å². The third kappa shape index (κ3) is 2.15. The predicted molar refractivity (Wildman–Crippen MR) is 74.0 cm³/mol. The van der Waals surface area contributed by atoms with Crippen molar-refractivity contribution in [3.63, 3.8) is 0 Å². The SMILES string of the molecule is Cc1ccc(Nc2cnc3ccccc3c2)nc1. The van der Waals surface area contributed by atoms with E-state index in [1.807, 2.05) is 49.6 Å². The quantitative estimate of drug-likeness (QED) is 0.736. The molecule has 2 aromatic heterocycles. The van der Waals surface area contributed by atoms with Crippen LogP contribution in [0.15, 0.2) is 54.9 Å². The average molecular weight is 235 g/mol. The fourth-order valence-corrected chi connectivity index (χ4v) is 1.83. The number of aromatic nitrogens is 2. The molecular weight excluding hydrogens is 222 g/mol. The highest BCUT2D eigenvalue weighted by Gasteiger charge is 1.98. The summed E-state index contributed by atoms with van der Waals surface area (Å²) in [5, 5.41) is 4.37. The second-order valence-electron chi connectivity index (χ2n) is 4.26. The zero-order chi connectivity index (χ0) is 12.4. The van der Waals surface area contributed by atoms with Crippen molar-refractivity contribution in [2.24, 2.45) is 0 Å². The van der Waals surface area contributed by atoms with Crippen molar-refractivity contribution < 1.29 is 0 Å². The first kappa shape index (κ1) is 10.7. The van der Waals surface area contributed by atoms with Crippen LogP contribution in [-0.2, 0) is 0 Å². The van der Waals surface area contributed by atoms with Crippen LogP contribution in [0.25, 0.3) is 10.9 Å². The average Bonchev–Trinajstić information content (AvgIpc) is 2.41. The van der Waals surface area contributed by atoms with E-state index in [0.717, 1.165) is 28.0 Å². The topological polar surface area (TPSA) is 37.8 Å². The first-order chi connectivity index (χ1) is 8.81. The third-order valence-electron chi connectivity index (χ3n) is 2.77. The van der Waals surface area contributed by atoms with Crippen molar-refractivity contribution in [1.82, 2.24) is 9.97 Å². The molecule has 0 fully saturated rings. The molecule has 18 heavy (non-hydrogen) atoms. The van der Waals surface area contributed by atoms with Gasteiger partial charge in [-0.2, -0.15) is 0 Å². The van der Waals surface area contributed by atoms with Crippen LogP contribution in [0.2, 0.25) is 0 Å². The summed E-state index contributed by atoms with van der Waals surface area (Å²) in [6, 6.07) is 14.1. The Morgan fingerprint density at radius 3 is 2.67 bits per heavy atom. The number of fused-ring (bicyclic) bond motifs is 1. The lowest BCUT2D eigenvalue weighted by atomic mass is 10.2. The number of benzene rings is 1. The highest BCUT2D eigenvalue weighted by atomic mass is 15.0. The summed E-state index contributed by atoms with van der Waals surface area (Å²) in [7, 11) is 0. The Morgan fingerprint density at radius 2 is 1.83 bits per heavy atom. The number of pyridine rings is 2. The molecule has 0 spiro atoms. The molecule has 0 saturated heterocycles. The van der Waals surface area contributed by atoms with E-state index in [4.69, 9.17) is 0 Å². The molecule has 0 bridgehead atoms. The van der Waals surface area contributed by atoms with Gasteiger partial charge in [0.15, 0.2) is 0 Å².